The highest BCUT2D eigenvalue weighted by Crippen LogP contribution is 2.14. The molecule has 0 bridgehead atoms. The van der Waals surface area contributed by atoms with Crippen molar-refractivity contribution in [3.63, 3.8) is 0 Å². The number of nitrogens with zero attached hydrogens (tertiary/aromatic N) is 5. The molecule has 7 nitrogen and oxygen atoms in total. The summed E-state index contributed by atoms with van der Waals surface area (Å²) < 4.78 is 1.65. The van der Waals surface area contributed by atoms with E-state index in [4.69, 9.17) is 0 Å². The van der Waals surface area contributed by atoms with Crippen molar-refractivity contribution in [1.29, 1.82) is 0 Å². The number of hydrogen-bond donors (Lipinski definition) is 0. The van der Waals surface area contributed by atoms with Crippen LogP contribution in [-0.4, -0.2) is 51.5 Å². The van der Waals surface area contributed by atoms with E-state index < -0.39 is 0 Å². The molecule has 3 heterocycles. The Balaban J connectivity index is 1.94. The molecule has 0 saturated carbocycles. The van der Waals surface area contributed by atoms with Gasteiger partial charge < -0.3 is 9.80 Å². The van der Waals surface area contributed by atoms with E-state index in [1.54, 1.807) is 10.8 Å². The van der Waals surface area contributed by atoms with Gasteiger partial charge in [0.05, 0.1) is 0 Å². The molecule has 0 atom stereocenters. The molecule has 0 spiro atoms. The number of amides is 1. The third-order valence-electron chi connectivity index (χ3n) is 4.24. The molecule has 1 fully saturated rings. The fraction of sp³-hybridized carbons (Fsp3) is 0.500. The average Bonchev–Trinajstić information content (AvgIpc) is 2.61. The van der Waals surface area contributed by atoms with Crippen LogP contribution < -0.4 is 10.5 Å². The second kappa shape index (κ2) is 6.36. The maximum atomic E-state index is 12.7. The molecule has 2 aromatic rings. The second-order valence-electron chi connectivity index (χ2n) is 5.55. The molecule has 1 aliphatic rings. The Kier molecular flexibility index (Phi) is 4.27. The minimum absolute atomic E-state index is 0.117. The van der Waals surface area contributed by atoms with Gasteiger partial charge in [0.25, 0.3) is 5.56 Å². The average molecular weight is 315 g/mol. The molecule has 2 aromatic heterocycles. The maximum Gasteiger partial charge on any atom is 0.295 e. The summed E-state index contributed by atoms with van der Waals surface area (Å²) in [6, 6.07) is 3.69. The molecule has 0 unspecified atom stereocenters. The molecule has 7 heteroatoms. The molecule has 0 aliphatic carbocycles. The number of rotatable bonds is 3. The summed E-state index contributed by atoms with van der Waals surface area (Å²) in [7, 11) is 0. The zero-order chi connectivity index (χ0) is 16.4. The Morgan fingerprint density at radius 2 is 1.96 bits per heavy atom. The Morgan fingerprint density at radius 3 is 2.61 bits per heavy atom. The van der Waals surface area contributed by atoms with Crippen LogP contribution in [0.4, 0.5) is 5.82 Å². The van der Waals surface area contributed by atoms with E-state index in [0.717, 1.165) is 5.52 Å². The van der Waals surface area contributed by atoms with Gasteiger partial charge in [0.1, 0.15) is 5.52 Å². The Bertz CT molecular complexity index is 778. The van der Waals surface area contributed by atoms with Gasteiger partial charge in [-0.1, -0.05) is 6.92 Å². The second-order valence-corrected chi connectivity index (χ2v) is 5.55. The first kappa shape index (κ1) is 15.5. The highest BCUT2D eigenvalue weighted by atomic mass is 16.2. The molecule has 0 aromatic carbocycles. The van der Waals surface area contributed by atoms with Crippen molar-refractivity contribution >= 4 is 22.9 Å². The maximum absolute atomic E-state index is 12.7. The van der Waals surface area contributed by atoms with E-state index in [0.29, 0.717) is 50.6 Å². The number of carbonyl (C=O) groups excluding carboxylic acids is 1. The van der Waals surface area contributed by atoms with Gasteiger partial charge >= 0.3 is 0 Å². The summed E-state index contributed by atoms with van der Waals surface area (Å²) in [5.41, 5.74) is 1.22. The van der Waals surface area contributed by atoms with Gasteiger partial charge in [-0.15, -0.1) is 0 Å². The fourth-order valence-electron chi connectivity index (χ4n) is 2.95. The molecule has 23 heavy (non-hydrogen) atoms. The summed E-state index contributed by atoms with van der Waals surface area (Å²) in [5, 5.41) is 0. The lowest BCUT2D eigenvalue weighted by Gasteiger charge is -2.35. The molecule has 1 saturated heterocycles. The first-order valence-electron chi connectivity index (χ1n) is 8.04. The molecule has 122 valence electrons. The van der Waals surface area contributed by atoms with Crippen LogP contribution in [0.3, 0.4) is 0 Å². The zero-order valence-electron chi connectivity index (χ0n) is 13.5. The van der Waals surface area contributed by atoms with Gasteiger partial charge in [-0.05, 0) is 19.1 Å². The number of aryl methyl sites for hydroxylation is 1. The van der Waals surface area contributed by atoms with E-state index in [1.807, 2.05) is 35.8 Å². The van der Waals surface area contributed by atoms with Crippen LogP contribution in [0.5, 0.6) is 0 Å². The van der Waals surface area contributed by atoms with Crippen LogP contribution in [0.15, 0.2) is 23.1 Å². The number of piperazine rings is 1. The lowest BCUT2D eigenvalue weighted by Crippen LogP contribution is -2.50. The van der Waals surface area contributed by atoms with Crippen molar-refractivity contribution in [3.8, 4) is 0 Å². The van der Waals surface area contributed by atoms with Crippen LogP contribution in [-0.2, 0) is 11.3 Å². The molecular weight excluding hydrogens is 294 g/mol. The molecule has 1 aliphatic heterocycles. The predicted octanol–water partition coefficient (Wildman–Crippen LogP) is 0.870. The topological polar surface area (TPSA) is 71.3 Å². The normalized spacial score (nSPS) is 15.2. The zero-order valence-corrected chi connectivity index (χ0v) is 13.5. The molecular formula is C16H21N5O2. The number of pyridine rings is 1. The number of hydrogen-bond acceptors (Lipinski definition) is 5. The SMILES string of the molecule is CCC(=O)N1CCN(c2nc3cccnc3n(CC)c2=O)CC1. The standard InChI is InChI=1S/C16H21N5O2/c1-3-13(22)19-8-10-20(11-9-19)15-16(23)21(4-2)14-12(18-15)6-5-7-17-14/h5-7H,3-4,8-11H2,1-2H3. The lowest BCUT2D eigenvalue weighted by molar-refractivity contribution is -0.131. The van der Waals surface area contributed by atoms with Gasteiger partial charge in [0.15, 0.2) is 11.5 Å². The monoisotopic (exact) mass is 315 g/mol. The van der Waals surface area contributed by atoms with Gasteiger partial charge in [-0.3, -0.25) is 14.2 Å². The van der Waals surface area contributed by atoms with Crippen LogP contribution in [0.2, 0.25) is 0 Å². The highest BCUT2D eigenvalue weighted by Gasteiger charge is 2.23. The highest BCUT2D eigenvalue weighted by molar-refractivity contribution is 5.76. The van der Waals surface area contributed by atoms with Gasteiger partial charge in [0.2, 0.25) is 5.91 Å². The first-order valence-corrected chi connectivity index (χ1v) is 8.04. The van der Waals surface area contributed by atoms with Crippen molar-refractivity contribution in [1.82, 2.24) is 19.4 Å². The van der Waals surface area contributed by atoms with E-state index in [1.165, 1.54) is 0 Å². The van der Waals surface area contributed by atoms with Crippen LogP contribution in [0.25, 0.3) is 11.2 Å². The van der Waals surface area contributed by atoms with Gasteiger partial charge in [-0.2, -0.15) is 0 Å². The Morgan fingerprint density at radius 1 is 1.22 bits per heavy atom. The van der Waals surface area contributed by atoms with Gasteiger partial charge in [-0.25, -0.2) is 9.97 Å². The van der Waals surface area contributed by atoms with Crippen LogP contribution >= 0.6 is 0 Å². The summed E-state index contributed by atoms with van der Waals surface area (Å²) in [6.07, 6.45) is 2.19. The Hall–Kier alpha value is -2.44. The number of aromatic nitrogens is 3. The van der Waals surface area contributed by atoms with E-state index in [2.05, 4.69) is 9.97 Å². The molecule has 0 N–H and O–H groups in total. The van der Waals surface area contributed by atoms with Crippen molar-refractivity contribution < 1.29 is 4.79 Å². The predicted molar refractivity (Wildman–Crippen MR) is 88.6 cm³/mol. The van der Waals surface area contributed by atoms with Crippen molar-refractivity contribution in [2.75, 3.05) is 31.1 Å². The minimum Gasteiger partial charge on any atom is -0.348 e. The van der Waals surface area contributed by atoms with Gasteiger partial charge in [0, 0.05) is 45.3 Å². The summed E-state index contributed by atoms with van der Waals surface area (Å²) in [6.45, 7) is 6.86. The summed E-state index contributed by atoms with van der Waals surface area (Å²) in [5.74, 6) is 0.613. The van der Waals surface area contributed by atoms with E-state index in [9.17, 15) is 9.59 Å². The van der Waals surface area contributed by atoms with Crippen molar-refractivity contribution in [3.05, 3.63) is 28.7 Å². The molecule has 3 rings (SSSR count). The molecule has 0 radical (unpaired) electrons. The number of carbonyl (C=O) groups is 1. The third-order valence-corrected chi connectivity index (χ3v) is 4.24. The fourth-order valence-corrected chi connectivity index (χ4v) is 2.95. The van der Waals surface area contributed by atoms with E-state index in [-0.39, 0.29) is 11.5 Å². The smallest absolute Gasteiger partial charge is 0.295 e. The summed E-state index contributed by atoms with van der Waals surface area (Å²) in [4.78, 5) is 37.1. The van der Waals surface area contributed by atoms with Crippen molar-refractivity contribution in [2.24, 2.45) is 0 Å². The quantitative estimate of drug-likeness (QED) is 0.840. The third kappa shape index (κ3) is 2.78. The van der Waals surface area contributed by atoms with Crippen molar-refractivity contribution in [2.45, 2.75) is 26.8 Å². The Labute approximate surface area is 134 Å². The number of fused-ring (bicyclic) bond motifs is 1. The number of anilines is 1. The minimum atomic E-state index is -0.117. The van der Waals surface area contributed by atoms with Crippen LogP contribution in [0, 0.1) is 0 Å². The lowest BCUT2D eigenvalue weighted by atomic mass is 10.3. The first-order chi connectivity index (χ1) is 11.2. The largest absolute Gasteiger partial charge is 0.348 e. The van der Waals surface area contributed by atoms with Crippen LogP contribution in [0.1, 0.15) is 20.3 Å². The van der Waals surface area contributed by atoms with E-state index >= 15 is 0 Å². The summed E-state index contributed by atoms with van der Waals surface area (Å²) >= 11 is 0. The molecule has 1 amide bonds.